The van der Waals surface area contributed by atoms with Crippen LogP contribution in [0.4, 0.5) is 0 Å². The molecule has 0 bridgehead atoms. The molecular weight excluding hydrogens is 194 g/mol. The van der Waals surface area contributed by atoms with E-state index in [1.807, 2.05) is 12.1 Å². The molecule has 0 radical (unpaired) electrons. The van der Waals surface area contributed by atoms with Crippen LogP contribution in [0.3, 0.4) is 0 Å². The largest absolute Gasteiger partial charge is 0.444 e. The minimum absolute atomic E-state index is 0.0825. The van der Waals surface area contributed by atoms with Crippen LogP contribution in [0.1, 0.15) is 5.56 Å². The normalized spacial score (nSPS) is 11.6. The van der Waals surface area contributed by atoms with E-state index in [0.717, 1.165) is 5.56 Å². The SMILES string of the molecule is NC(=NO)c1ccc(-c2cnco2)cc1. The smallest absolute Gasteiger partial charge is 0.181 e. The highest BCUT2D eigenvalue weighted by atomic mass is 16.4. The average Bonchev–Trinajstić information content (AvgIpc) is 2.82. The van der Waals surface area contributed by atoms with E-state index in [1.165, 1.54) is 6.39 Å². The van der Waals surface area contributed by atoms with Crippen molar-refractivity contribution in [1.29, 1.82) is 0 Å². The molecule has 1 aromatic heterocycles. The Kier molecular flexibility index (Phi) is 2.37. The van der Waals surface area contributed by atoms with Gasteiger partial charge in [0.05, 0.1) is 6.20 Å². The number of nitrogens with zero attached hydrogens (tertiary/aromatic N) is 2. The van der Waals surface area contributed by atoms with Crippen LogP contribution in [-0.2, 0) is 0 Å². The molecule has 3 N–H and O–H groups in total. The first-order valence-electron chi connectivity index (χ1n) is 4.28. The van der Waals surface area contributed by atoms with Crippen LogP contribution in [-0.4, -0.2) is 16.0 Å². The van der Waals surface area contributed by atoms with Crippen LogP contribution in [0.2, 0.25) is 0 Å². The Morgan fingerprint density at radius 3 is 2.60 bits per heavy atom. The van der Waals surface area contributed by atoms with Gasteiger partial charge in [0, 0.05) is 11.1 Å². The highest BCUT2D eigenvalue weighted by Crippen LogP contribution is 2.18. The van der Waals surface area contributed by atoms with Crippen molar-refractivity contribution in [2.75, 3.05) is 0 Å². The minimum Gasteiger partial charge on any atom is -0.444 e. The number of oxime groups is 1. The second-order valence-corrected chi connectivity index (χ2v) is 2.93. The zero-order valence-electron chi connectivity index (χ0n) is 7.79. The van der Waals surface area contributed by atoms with E-state index in [0.29, 0.717) is 11.3 Å². The van der Waals surface area contributed by atoms with Crippen molar-refractivity contribution >= 4 is 5.84 Å². The summed E-state index contributed by atoms with van der Waals surface area (Å²) in [5.74, 6) is 0.764. The second kappa shape index (κ2) is 3.83. The molecule has 1 heterocycles. The Labute approximate surface area is 85.9 Å². The van der Waals surface area contributed by atoms with Crippen molar-refractivity contribution < 1.29 is 9.62 Å². The van der Waals surface area contributed by atoms with Gasteiger partial charge in [-0.1, -0.05) is 29.4 Å². The van der Waals surface area contributed by atoms with Gasteiger partial charge in [-0.2, -0.15) is 0 Å². The summed E-state index contributed by atoms with van der Waals surface area (Å²) in [6, 6.07) is 7.11. The van der Waals surface area contributed by atoms with Gasteiger partial charge in [0.25, 0.3) is 0 Å². The molecular formula is C10H9N3O2. The molecule has 0 amide bonds. The van der Waals surface area contributed by atoms with E-state index in [4.69, 9.17) is 15.4 Å². The molecule has 5 heteroatoms. The first-order chi connectivity index (χ1) is 7.31. The van der Waals surface area contributed by atoms with Crippen LogP contribution >= 0.6 is 0 Å². The number of rotatable bonds is 2. The molecule has 2 rings (SSSR count). The quantitative estimate of drug-likeness (QED) is 0.334. The van der Waals surface area contributed by atoms with Crippen molar-refractivity contribution in [3.63, 3.8) is 0 Å². The summed E-state index contributed by atoms with van der Waals surface area (Å²) in [5.41, 5.74) is 6.97. The molecule has 2 aromatic rings. The second-order valence-electron chi connectivity index (χ2n) is 2.93. The van der Waals surface area contributed by atoms with Crippen molar-refractivity contribution in [3.05, 3.63) is 42.4 Å². The maximum absolute atomic E-state index is 8.48. The lowest BCUT2D eigenvalue weighted by Crippen LogP contribution is -2.12. The maximum atomic E-state index is 8.48. The number of hydrogen-bond donors (Lipinski definition) is 2. The minimum atomic E-state index is 0.0825. The summed E-state index contributed by atoms with van der Waals surface area (Å²) in [5, 5.41) is 11.4. The Balaban J connectivity index is 2.33. The number of benzene rings is 1. The van der Waals surface area contributed by atoms with E-state index in [1.54, 1.807) is 18.3 Å². The predicted molar refractivity (Wildman–Crippen MR) is 54.4 cm³/mol. The van der Waals surface area contributed by atoms with Crippen LogP contribution in [0.15, 0.2) is 46.4 Å². The van der Waals surface area contributed by atoms with Crippen molar-refractivity contribution in [2.24, 2.45) is 10.9 Å². The summed E-state index contributed by atoms with van der Waals surface area (Å²) in [4.78, 5) is 3.82. The monoisotopic (exact) mass is 203 g/mol. The third-order valence-electron chi connectivity index (χ3n) is 2.01. The Morgan fingerprint density at radius 1 is 1.33 bits per heavy atom. The van der Waals surface area contributed by atoms with E-state index < -0.39 is 0 Å². The zero-order valence-corrected chi connectivity index (χ0v) is 7.79. The van der Waals surface area contributed by atoms with Gasteiger partial charge < -0.3 is 15.4 Å². The Bertz CT molecular complexity index is 460. The number of aromatic nitrogens is 1. The molecule has 0 aliphatic heterocycles. The first kappa shape index (κ1) is 9.26. The number of hydrogen-bond acceptors (Lipinski definition) is 4. The summed E-state index contributed by atoms with van der Waals surface area (Å²) in [7, 11) is 0. The van der Waals surface area contributed by atoms with Gasteiger partial charge in [-0.25, -0.2) is 4.98 Å². The summed E-state index contributed by atoms with van der Waals surface area (Å²) in [6.07, 6.45) is 2.99. The van der Waals surface area contributed by atoms with Gasteiger partial charge in [-0.05, 0) is 0 Å². The first-order valence-corrected chi connectivity index (χ1v) is 4.28. The third kappa shape index (κ3) is 1.80. The molecule has 0 atom stereocenters. The van der Waals surface area contributed by atoms with Crippen molar-refractivity contribution in [2.45, 2.75) is 0 Å². The fourth-order valence-electron chi connectivity index (χ4n) is 1.22. The topological polar surface area (TPSA) is 84.6 Å². The van der Waals surface area contributed by atoms with Crippen LogP contribution in [0.25, 0.3) is 11.3 Å². The van der Waals surface area contributed by atoms with E-state index in [2.05, 4.69) is 10.1 Å². The molecule has 0 aliphatic rings. The van der Waals surface area contributed by atoms with Crippen molar-refractivity contribution in [1.82, 2.24) is 4.98 Å². The molecule has 0 aliphatic carbocycles. The molecule has 0 saturated carbocycles. The third-order valence-corrected chi connectivity index (χ3v) is 2.01. The van der Waals surface area contributed by atoms with Gasteiger partial charge in [0.15, 0.2) is 18.0 Å². The molecule has 0 unspecified atom stereocenters. The molecule has 15 heavy (non-hydrogen) atoms. The molecule has 76 valence electrons. The van der Waals surface area contributed by atoms with Gasteiger partial charge in [0.1, 0.15) is 0 Å². The molecule has 5 nitrogen and oxygen atoms in total. The van der Waals surface area contributed by atoms with Gasteiger partial charge >= 0.3 is 0 Å². The Hall–Kier alpha value is -2.30. The predicted octanol–water partition coefficient (Wildman–Crippen LogP) is 1.44. The average molecular weight is 203 g/mol. The fraction of sp³-hybridized carbons (Fsp3) is 0. The lowest BCUT2D eigenvalue weighted by atomic mass is 10.1. The highest BCUT2D eigenvalue weighted by Gasteiger charge is 2.02. The number of oxazole rings is 1. The summed E-state index contributed by atoms with van der Waals surface area (Å²) in [6.45, 7) is 0. The Morgan fingerprint density at radius 2 is 2.07 bits per heavy atom. The van der Waals surface area contributed by atoms with E-state index >= 15 is 0 Å². The molecule has 0 fully saturated rings. The summed E-state index contributed by atoms with van der Waals surface area (Å²) >= 11 is 0. The van der Waals surface area contributed by atoms with Crippen molar-refractivity contribution in [3.8, 4) is 11.3 Å². The van der Waals surface area contributed by atoms with Gasteiger partial charge in [0.2, 0.25) is 0 Å². The lowest BCUT2D eigenvalue weighted by molar-refractivity contribution is 0.318. The summed E-state index contributed by atoms with van der Waals surface area (Å²) < 4.78 is 5.12. The van der Waals surface area contributed by atoms with Gasteiger partial charge in [-0.15, -0.1) is 0 Å². The molecule has 1 aromatic carbocycles. The molecule has 0 saturated heterocycles. The fourth-order valence-corrected chi connectivity index (χ4v) is 1.22. The highest BCUT2D eigenvalue weighted by molar-refractivity contribution is 5.97. The lowest BCUT2D eigenvalue weighted by Gasteiger charge is -1.99. The maximum Gasteiger partial charge on any atom is 0.181 e. The van der Waals surface area contributed by atoms with Gasteiger partial charge in [-0.3, -0.25) is 0 Å². The molecule has 0 spiro atoms. The van der Waals surface area contributed by atoms with Crippen LogP contribution < -0.4 is 5.73 Å². The van der Waals surface area contributed by atoms with Crippen LogP contribution in [0, 0.1) is 0 Å². The van der Waals surface area contributed by atoms with Crippen LogP contribution in [0.5, 0.6) is 0 Å². The van der Waals surface area contributed by atoms with E-state index in [-0.39, 0.29) is 5.84 Å². The van der Waals surface area contributed by atoms with E-state index in [9.17, 15) is 0 Å². The number of nitrogens with two attached hydrogens (primary N) is 1. The zero-order chi connectivity index (χ0) is 10.7. The standard InChI is InChI=1S/C10H9N3O2/c11-10(13-14)8-3-1-7(2-4-8)9-5-12-6-15-9/h1-6,14H,(H2,11,13). The number of amidine groups is 1.